The van der Waals surface area contributed by atoms with Gasteiger partial charge in [0.15, 0.2) is 15.4 Å². The number of ether oxygens (including phenoxy) is 1. The van der Waals surface area contributed by atoms with Crippen LogP contribution in [0.4, 0.5) is 5.69 Å². The predicted octanol–water partition coefficient (Wildman–Crippen LogP) is 3.18. The Morgan fingerprint density at radius 3 is 2.74 bits per heavy atom. The molecule has 1 amide bonds. The van der Waals surface area contributed by atoms with Crippen LogP contribution in [0.15, 0.2) is 45.7 Å². The van der Waals surface area contributed by atoms with Crippen molar-refractivity contribution in [1.82, 2.24) is 4.98 Å². The van der Waals surface area contributed by atoms with Crippen molar-refractivity contribution in [2.24, 2.45) is 0 Å². The zero-order valence-electron chi connectivity index (χ0n) is 15.3. The maximum Gasteiger partial charge on any atom is 0.250 e. The number of hydrogen-bond donors (Lipinski definition) is 1. The van der Waals surface area contributed by atoms with Gasteiger partial charge in [-0.1, -0.05) is 19.1 Å². The summed E-state index contributed by atoms with van der Waals surface area (Å²) < 4.78 is 34.9. The summed E-state index contributed by atoms with van der Waals surface area (Å²) in [7, 11) is -1.89. The van der Waals surface area contributed by atoms with E-state index in [-0.39, 0.29) is 23.2 Å². The summed E-state index contributed by atoms with van der Waals surface area (Å²) in [4.78, 5) is 16.6. The van der Waals surface area contributed by atoms with Gasteiger partial charge in [-0.3, -0.25) is 4.79 Å². The van der Waals surface area contributed by atoms with Gasteiger partial charge in [-0.2, -0.15) is 0 Å². The van der Waals surface area contributed by atoms with Gasteiger partial charge < -0.3 is 14.5 Å². The molecule has 1 aromatic heterocycles. The molecule has 0 saturated carbocycles. The summed E-state index contributed by atoms with van der Waals surface area (Å²) in [6.45, 7) is 3.40. The number of aryl methyl sites for hydroxylation is 1. The number of carbonyl (C=O) groups is 1. The Labute approximate surface area is 157 Å². The number of rotatable bonds is 6. The summed E-state index contributed by atoms with van der Waals surface area (Å²) in [6, 6.07) is 10.0. The largest absolute Gasteiger partial charge is 0.436 e. The monoisotopic (exact) mass is 388 g/mol. The van der Waals surface area contributed by atoms with Gasteiger partial charge in [0.1, 0.15) is 12.1 Å². The number of benzene rings is 2. The number of methoxy groups -OCH3 is 1. The number of sulfone groups is 1. The van der Waals surface area contributed by atoms with E-state index in [0.29, 0.717) is 28.2 Å². The first-order valence-electron chi connectivity index (χ1n) is 8.38. The summed E-state index contributed by atoms with van der Waals surface area (Å²) in [5.74, 6) is 0.0232. The van der Waals surface area contributed by atoms with E-state index in [2.05, 4.69) is 10.3 Å². The molecule has 8 heteroatoms. The Morgan fingerprint density at radius 2 is 2.04 bits per heavy atom. The van der Waals surface area contributed by atoms with E-state index in [1.54, 1.807) is 19.1 Å². The third-order valence-electron chi connectivity index (χ3n) is 4.13. The van der Waals surface area contributed by atoms with Crippen LogP contribution in [0, 0.1) is 6.92 Å². The van der Waals surface area contributed by atoms with Crippen LogP contribution in [0.1, 0.15) is 12.5 Å². The van der Waals surface area contributed by atoms with Crippen LogP contribution < -0.4 is 5.32 Å². The molecule has 2 aromatic carbocycles. The second kappa shape index (κ2) is 7.50. The molecule has 0 aliphatic heterocycles. The highest BCUT2D eigenvalue weighted by Crippen LogP contribution is 2.33. The van der Waals surface area contributed by atoms with Gasteiger partial charge in [-0.25, -0.2) is 13.4 Å². The second-order valence-electron chi connectivity index (χ2n) is 6.03. The number of amides is 1. The van der Waals surface area contributed by atoms with E-state index in [9.17, 15) is 13.2 Å². The fourth-order valence-electron chi connectivity index (χ4n) is 2.75. The van der Waals surface area contributed by atoms with Gasteiger partial charge in [0.2, 0.25) is 11.8 Å². The molecule has 0 bridgehead atoms. The van der Waals surface area contributed by atoms with Crippen molar-refractivity contribution in [3.63, 3.8) is 0 Å². The molecule has 3 rings (SSSR count). The molecule has 1 heterocycles. The maximum atomic E-state index is 12.1. The van der Waals surface area contributed by atoms with Crippen LogP contribution in [0.25, 0.3) is 22.6 Å². The molecule has 0 atom stereocenters. The second-order valence-corrected chi connectivity index (χ2v) is 8.31. The number of anilines is 1. The molecular formula is C19H20N2O5S. The highest BCUT2D eigenvalue weighted by molar-refractivity contribution is 7.91. The van der Waals surface area contributed by atoms with Gasteiger partial charge in [-0.05, 0) is 36.8 Å². The lowest BCUT2D eigenvalue weighted by Gasteiger charge is -2.10. The first-order chi connectivity index (χ1) is 12.9. The molecule has 0 saturated heterocycles. The van der Waals surface area contributed by atoms with E-state index in [1.807, 2.05) is 19.1 Å². The topological polar surface area (TPSA) is 98.5 Å². The van der Waals surface area contributed by atoms with Crippen molar-refractivity contribution in [1.29, 1.82) is 0 Å². The third-order valence-corrected chi connectivity index (χ3v) is 5.87. The minimum absolute atomic E-state index is 0.0106. The third kappa shape index (κ3) is 3.86. The van der Waals surface area contributed by atoms with Gasteiger partial charge in [0, 0.05) is 7.11 Å². The number of aromatic nitrogens is 1. The zero-order valence-corrected chi connectivity index (χ0v) is 16.1. The standard InChI is InChI=1S/C19H20N2O5S/c1-4-27(23,24)13-8-9-16-15(10-13)21-19(26-16)18-12(2)6-5-7-14(18)20-17(22)11-25-3/h5-10H,4,11H2,1-3H3,(H,20,22). The molecule has 0 spiro atoms. The van der Waals surface area contributed by atoms with E-state index < -0.39 is 9.84 Å². The SMILES string of the molecule is CCS(=O)(=O)c1ccc2oc(-c3c(C)cccc3NC(=O)COC)nc2c1. The molecule has 0 aliphatic carbocycles. The number of fused-ring (bicyclic) bond motifs is 1. The zero-order chi connectivity index (χ0) is 19.6. The van der Waals surface area contributed by atoms with Crippen LogP contribution in [0.5, 0.6) is 0 Å². The number of nitrogens with one attached hydrogen (secondary N) is 1. The summed E-state index contributed by atoms with van der Waals surface area (Å²) in [6.07, 6.45) is 0. The predicted molar refractivity (Wildman–Crippen MR) is 102 cm³/mol. The summed E-state index contributed by atoms with van der Waals surface area (Å²) in [5.41, 5.74) is 2.95. The Hall–Kier alpha value is -2.71. The van der Waals surface area contributed by atoms with E-state index >= 15 is 0 Å². The van der Waals surface area contributed by atoms with Crippen molar-refractivity contribution in [3.05, 3.63) is 42.0 Å². The lowest BCUT2D eigenvalue weighted by molar-refractivity contribution is -0.119. The number of hydrogen-bond acceptors (Lipinski definition) is 6. The van der Waals surface area contributed by atoms with Crippen LogP contribution in [-0.4, -0.2) is 38.8 Å². The normalized spacial score (nSPS) is 11.7. The van der Waals surface area contributed by atoms with Crippen molar-refractivity contribution in [2.45, 2.75) is 18.7 Å². The molecule has 1 N–H and O–H groups in total. The Kier molecular flexibility index (Phi) is 5.29. The average Bonchev–Trinajstić information content (AvgIpc) is 3.04. The smallest absolute Gasteiger partial charge is 0.250 e. The maximum absolute atomic E-state index is 12.1. The van der Waals surface area contributed by atoms with E-state index in [4.69, 9.17) is 9.15 Å². The fraction of sp³-hybridized carbons (Fsp3) is 0.263. The van der Waals surface area contributed by atoms with Crippen molar-refractivity contribution in [2.75, 3.05) is 24.8 Å². The van der Waals surface area contributed by atoms with Gasteiger partial charge in [0.05, 0.1) is 21.9 Å². The Balaban J connectivity index is 2.09. The van der Waals surface area contributed by atoms with E-state index in [0.717, 1.165) is 5.56 Å². The molecule has 0 fully saturated rings. The molecule has 7 nitrogen and oxygen atoms in total. The molecule has 3 aromatic rings. The van der Waals surface area contributed by atoms with Crippen LogP contribution >= 0.6 is 0 Å². The van der Waals surface area contributed by atoms with Gasteiger partial charge >= 0.3 is 0 Å². The summed E-state index contributed by atoms with van der Waals surface area (Å²) in [5, 5.41) is 2.78. The summed E-state index contributed by atoms with van der Waals surface area (Å²) >= 11 is 0. The van der Waals surface area contributed by atoms with Crippen LogP contribution in [0.2, 0.25) is 0 Å². The highest BCUT2D eigenvalue weighted by atomic mass is 32.2. The number of nitrogens with zero attached hydrogens (tertiary/aromatic N) is 1. The molecule has 27 heavy (non-hydrogen) atoms. The molecule has 0 aliphatic rings. The Morgan fingerprint density at radius 1 is 1.26 bits per heavy atom. The molecule has 0 radical (unpaired) electrons. The highest BCUT2D eigenvalue weighted by Gasteiger charge is 2.18. The van der Waals surface area contributed by atoms with Gasteiger partial charge in [-0.15, -0.1) is 0 Å². The van der Waals surface area contributed by atoms with Crippen LogP contribution in [-0.2, 0) is 19.4 Å². The van der Waals surface area contributed by atoms with Crippen LogP contribution in [0.3, 0.4) is 0 Å². The van der Waals surface area contributed by atoms with Crippen molar-refractivity contribution in [3.8, 4) is 11.5 Å². The van der Waals surface area contributed by atoms with Crippen molar-refractivity contribution >= 4 is 32.5 Å². The molecule has 142 valence electrons. The van der Waals surface area contributed by atoms with E-state index in [1.165, 1.54) is 19.2 Å². The molecule has 0 unspecified atom stereocenters. The first kappa shape index (κ1) is 19.1. The quantitative estimate of drug-likeness (QED) is 0.696. The minimum atomic E-state index is -3.34. The fourth-order valence-corrected chi connectivity index (χ4v) is 3.65. The minimum Gasteiger partial charge on any atom is -0.436 e. The number of oxazole rings is 1. The van der Waals surface area contributed by atoms with Gasteiger partial charge in [0.25, 0.3) is 0 Å². The number of carbonyl (C=O) groups excluding carboxylic acids is 1. The average molecular weight is 388 g/mol. The molecular weight excluding hydrogens is 368 g/mol. The lowest BCUT2D eigenvalue weighted by atomic mass is 10.1. The lowest BCUT2D eigenvalue weighted by Crippen LogP contribution is -2.17. The Bertz CT molecular complexity index is 1100. The van der Waals surface area contributed by atoms with Crippen molar-refractivity contribution < 1.29 is 22.4 Å². The first-order valence-corrected chi connectivity index (χ1v) is 10.0.